The van der Waals surface area contributed by atoms with E-state index in [1.165, 1.54) is 18.9 Å². The van der Waals surface area contributed by atoms with Crippen LogP contribution in [0.5, 0.6) is 0 Å². The Bertz CT molecular complexity index is 920. The lowest BCUT2D eigenvalue weighted by Crippen LogP contribution is -2.78. The van der Waals surface area contributed by atoms with E-state index in [9.17, 15) is 23.1 Å². The van der Waals surface area contributed by atoms with E-state index in [4.69, 9.17) is 15.6 Å². The molecule has 1 saturated heterocycles. The fourth-order valence-corrected chi connectivity index (χ4v) is 6.21. The van der Waals surface area contributed by atoms with E-state index in [0.717, 1.165) is 16.7 Å². The Hall–Kier alpha value is -1.72. The number of nitrogens with one attached hydrogen (secondary N) is 1. The molecule has 28 heavy (non-hydrogen) atoms. The van der Waals surface area contributed by atoms with Crippen LogP contribution in [0.2, 0.25) is 0 Å². The summed E-state index contributed by atoms with van der Waals surface area (Å²) in [4.78, 5) is 25.5. The van der Waals surface area contributed by atoms with E-state index >= 15 is 0 Å². The standard InChI is InChI=1S/C12H17N7O6S3/c1-25-12(13)9(22)19-7(8(20)21)5(4-26-10(12)19)6(2-3-28(14,23)24)27-11-15-17-18-16-11/h6,10H,2-4,13H2,1H3,(H,20,21)(H2,14,23,24)(H,15,16,17,18)/t6?,10-,12-/m0/s1. The van der Waals surface area contributed by atoms with Gasteiger partial charge in [0.2, 0.25) is 20.9 Å². The number of carboxylic acid groups (broad SMARTS) is 1. The van der Waals surface area contributed by atoms with Crippen LogP contribution in [0.25, 0.3) is 0 Å². The van der Waals surface area contributed by atoms with Crippen LogP contribution in [-0.2, 0) is 24.3 Å². The van der Waals surface area contributed by atoms with Crippen LogP contribution in [-0.4, -0.2) is 85.9 Å². The maximum absolute atomic E-state index is 12.5. The summed E-state index contributed by atoms with van der Waals surface area (Å²) in [5, 5.41) is 27.0. The molecule has 16 heteroatoms. The molecule has 1 amide bonds. The largest absolute Gasteiger partial charge is 0.477 e. The van der Waals surface area contributed by atoms with E-state index < -0.39 is 38.2 Å². The highest BCUT2D eigenvalue weighted by Gasteiger charge is 2.63. The number of thioether (sulfide) groups is 2. The predicted molar refractivity (Wildman–Crippen MR) is 98.1 cm³/mol. The number of β-lactam (4-membered cyclic amide) rings is 1. The van der Waals surface area contributed by atoms with Gasteiger partial charge in [-0.25, -0.2) is 18.4 Å². The van der Waals surface area contributed by atoms with Crippen molar-refractivity contribution in [1.29, 1.82) is 0 Å². The molecule has 3 atom stereocenters. The second kappa shape index (κ2) is 7.60. The van der Waals surface area contributed by atoms with Gasteiger partial charge in [-0.15, -0.1) is 22.0 Å². The van der Waals surface area contributed by atoms with Crippen molar-refractivity contribution in [2.45, 2.75) is 27.9 Å². The molecule has 3 rings (SSSR count). The van der Waals surface area contributed by atoms with Gasteiger partial charge >= 0.3 is 5.97 Å². The molecule has 13 nitrogen and oxygen atoms in total. The first-order valence-electron chi connectivity index (χ1n) is 7.74. The van der Waals surface area contributed by atoms with Gasteiger partial charge in [0.05, 0.1) is 5.75 Å². The lowest BCUT2D eigenvalue weighted by Gasteiger charge is -2.54. The smallest absolute Gasteiger partial charge is 0.352 e. The number of carbonyl (C=O) groups excluding carboxylic acids is 1. The van der Waals surface area contributed by atoms with Crippen molar-refractivity contribution in [2.24, 2.45) is 10.9 Å². The minimum Gasteiger partial charge on any atom is -0.477 e. The summed E-state index contributed by atoms with van der Waals surface area (Å²) in [6, 6.07) is 0. The highest BCUT2D eigenvalue weighted by molar-refractivity contribution is 8.01. The van der Waals surface area contributed by atoms with Crippen molar-refractivity contribution in [3.63, 3.8) is 0 Å². The Morgan fingerprint density at radius 1 is 1.61 bits per heavy atom. The number of sulfonamides is 1. The van der Waals surface area contributed by atoms with E-state index in [1.54, 1.807) is 0 Å². The van der Waals surface area contributed by atoms with Crippen LogP contribution in [0.3, 0.4) is 0 Å². The van der Waals surface area contributed by atoms with Crippen LogP contribution in [0, 0.1) is 0 Å². The number of methoxy groups -OCH3 is 1. The second-order valence-corrected chi connectivity index (χ2v) is 9.94. The summed E-state index contributed by atoms with van der Waals surface area (Å²) in [5.41, 5.74) is 4.42. The molecule has 0 spiro atoms. The Balaban J connectivity index is 1.98. The SMILES string of the molecule is CO[C@@]1(N)C(=O)N2C(C(=O)O)=C(C(CCS(N)(=O)=O)Sc3nn[nH]n3)CS[C@H]21. The number of carbonyl (C=O) groups is 2. The number of aromatic nitrogens is 4. The molecule has 0 aromatic carbocycles. The lowest BCUT2D eigenvalue weighted by molar-refractivity contribution is -0.182. The van der Waals surface area contributed by atoms with E-state index in [1.807, 2.05) is 0 Å². The number of hydrogen-bond acceptors (Lipinski definition) is 11. The van der Waals surface area contributed by atoms with Crippen molar-refractivity contribution in [3.8, 4) is 0 Å². The number of nitrogens with two attached hydrogens (primary N) is 2. The fraction of sp³-hybridized carbons (Fsp3) is 0.583. The molecule has 1 fully saturated rings. The number of H-pyrrole nitrogens is 1. The summed E-state index contributed by atoms with van der Waals surface area (Å²) in [6.45, 7) is 0. The minimum atomic E-state index is -3.79. The molecule has 0 aliphatic carbocycles. The van der Waals surface area contributed by atoms with Gasteiger partial charge in [-0.2, -0.15) is 5.21 Å². The summed E-state index contributed by atoms with van der Waals surface area (Å²) >= 11 is 2.25. The number of ether oxygens (including phenoxy) is 1. The second-order valence-electron chi connectivity index (χ2n) is 5.97. The number of aromatic amines is 1. The third-order valence-electron chi connectivity index (χ3n) is 4.26. The average molecular weight is 452 g/mol. The predicted octanol–water partition coefficient (Wildman–Crippen LogP) is -2.11. The molecule has 2 aliphatic heterocycles. The number of tetrazole rings is 1. The number of carboxylic acids is 1. The number of nitrogens with zero attached hydrogens (tertiary/aromatic N) is 4. The maximum atomic E-state index is 12.5. The maximum Gasteiger partial charge on any atom is 0.352 e. The van der Waals surface area contributed by atoms with Crippen LogP contribution in [0.4, 0.5) is 0 Å². The third-order valence-corrected chi connectivity index (χ3v) is 7.61. The van der Waals surface area contributed by atoms with Gasteiger partial charge in [0, 0.05) is 18.1 Å². The molecule has 3 heterocycles. The van der Waals surface area contributed by atoms with Gasteiger partial charge in [-0.3, -0.25) is 15.4 Å². The summed E-state index contributed by atoms with van der Waals surface area (Å²) in [6.07, 6.45) is -0.00451. The van der Waals surface area contributed by atoms with Crippen molar-refractivity contribution in [3.05, 3.63) is 11.3 Å². The number of amides is 1. The zero-order valence-electron chi connectivity index (χ0n) is 14.4. The molecular formula is C12H17N7O6S3. The van der Waals surface area contributed by atoms with Crippen molar-refractivity contribution >= 4 is 45.4 Å². The minimum absolute atomic E-state index is 0.00451. The summed E-state index contributed by atoms with van der Waals surface area (Å²) in [7, 11) is -2.52. The van der Waals surface area contributed by atoms with Gasteiger partial charge in [-0.05, 0) is 17.2 Å². The molecule has 0 saturated carbocycles. The van der Waals surface area contributed by atoms with Crippen molar-refractivity contribution < 1.29 is 27.9 Å². The van der Waals surface area contributed by atoms with Crippen LogP contribution >= 0.6 is 23.5 Å². The molecule has 1 aromatic heterocycles. The average Bonchev–Trinajstić information content (AvgIpc) is 3.15. The van der Waals surface area contributed by atoms with Crippen LogP contribution in [0.15, 0.2) is 16.4 Å². The highest BCUT2D eigenvalue weighted by Crippen LogP contribution is 2.47. The van der Waals surface area contributed by atoms with Gasteiger partial charge in [0.1, 0.15) is 11.1 Å². The fourth-order valence-electron chi connectivity index (χ4n) is 2.91. The Morgan fingerprint density at radius 3 is 2.86 bits per heavy atom. The third kappa shape index (κ3) is 3.74. The first-order valence-corrected chi connectivity index (χ1v) is 11.4. The molecule has 0 bridgehead atoms. The highest BCUT2D eigenvalue weighted by atomic mass is 32.2. The van der Waals surface area contributed by atoms with Crippen molar-refractivity contribution in [1.82, 2.24) is 25.5 Å². The van der Waals surface area contributed by atoms with Gasteiger partial charge < -0.3 is 9.84 Å². The van der Waals surface area contributed by atoms with E-state index in [-0.39, 0.29) is 28.8 Å². The topological polar surface area (TPSA) is 207 Å². The molecule has 6 N–H and O–H groups in total. The molecule has 0 radical (unpaired) electrons. The number of fused-ring (bicyclic) bond motifs is 1. The quantitative estimate of drug-likeness (QED) is 0.190. The summed E-state index contributed by atoms with van der Waals surface area (Å²) < 4.78 is 27.9. The lowest BCUT2D eigenvalue weighted by atomic mass is 9.98. The van der Waals surface area contributed by atoms with Gasteiger partial charge in [0.15, 0.2) is 0 Å². The first-order chi connectivity index (χ1) is 13.1. The van der Waals surface area contributed by atoms with Crippen LogP contribution in [0.1, 0.15) is 6.42 Å². The molecule has 1 aromatic rings. The van der Waals surface area contributed by atoms with E-state index in [2.05, 4.69) is 20.6 Å². The molecule has 1 unspecified atom stereocenters. The molecule has 154 valence electrons. The Kier molecular flexibility index (Phi) is 5.70. The monoisotopic (exact) mass is 451 g/mol. The van der Waals surface area contributed by atoms with E-state index in [0.29, 0.717) is 5.57 Å². The summed E-state index contributed by atoms with van der Waals surface area (Å²) in [5.74, 6) is -2.21. The number of primary sulfonamides is 1. The zero-order valence-corrected chi connectivity index (χ0v) is 16.9. The Morgan fingerprint density at radius 2 is 2.32 bits per heavy atom. The normalized spacial score (nSPS) is 26.0. The number of aliphatic carboxylic acids is 1. The van der Waals surface area contributed by atoms with Crippen LogP contribution < -0.4 is 10.9 Å². The molecule has 2 aliphatic rings. The first kappa shape index (κ1) is 21.0. The molecular weight excluding hydrogens is 434 g/mol. The Labute approximate surface area is 167 Å². The number of hydrogen-bond donors (Lipinski definition) is 4. The van der Waals surface area contributed by atoms with Gasteiger partial charge in [0.25, 0.3) is 5.91 Å². The zero-order chi connectivity index (χ0) is 20.7. The number of rotatable bonds is 8. The van der Waals surface area contributed by atoms with Gasteiger partial charge in [-0.1, -0.05) is 11.8 Å². The van der Waals surface area contributed by atoms with Crippen molar-refractivity contribution in [2.75, 3.05) is 18.6 Å².